The van der Waals surface area contributed by atoms with Gasteiger partial charge in [-0.05, 0) is 75.3 Å². The lowest BCUT2D eigenvalue weighted by atomic mass is 9.97. The van der Waals surface area contributed by atoms with Crippen molar-refractivity contribution in [1.82, 2.24) is 4.98 Å². The van der Waals surface area contributed by atoms with Crippen molar-refractivity contribution in [3.63, 3.8) is 0 Å². The van der Waals surface area contributed by atoms with Crippen molar-refractivity contribution in [3.8, 4) is 22.3 Å². The minimum absolute atomic E-state index is 0.835. The maximum atomic E-state index is 6.74. The van der Waals surface area contributed by atoms with Gasteiger partial charge in [0.05, 0.1) is 11.4 Å². The molecule has 9 rings (SSSR count). The van der Waals surface area contributed by atoms with Gasteiger partial charge >= 0.3 is 0 Å². The monoisotopic (exact) mass is 588 g/mol. The van der Waals surface area contributed by atoms with Crippen LogP contribution >= 0.6 is 0 Å². The van der Waals surface area contributed by atoms with Gasteiger partial charge < -0.3 is 9.32 Å². The molecular formula is C43H28N2O. The van der Waals surface area contributed by atoms with Crippen LogP contribution in [-0.2, 0) is 0 Å². The molecule has 0 radical (unpaired) electrons. The van der Waals surface area contributed by atoms with E-state index in [1.54, 1.807) is 0 Å². The van der Waals surface area contributed by atoms with Gasteiger partial charge in [0.25, 0.3) is 0 Å². The van der Waals surface area contributed by atoms with Gasteiger partial charge in [-0.3, -0.25) is 4.98 Å². The van der Waals surface area contributed by atoms with Crippen LogP contribution in [0.25, 0.3) is 65.7 Å². The van der Waals surface area contributed by atoms with Crippen molar-refractivity contribution in [2.45, 2.75) is 0 Å². The number of hydrogen-bond acceptors (Lipinski definition) is 3. The molecule has 0 saturated carbocycles. The zero-order valence-corrected chi connectivity index (χ0v) is 25.0. The molecule has 0 aliphatic carbocycles. The Kier molecular flexibility index (Phi) is 6.14. The highest BCUT2D eigenvalue weighted by Gasteiger charge is 2.25. The molecule has 2 heterocycles. The van der Waals surface area contributed by atoms with Crippen molar-refractivity contribution in [3.05, 3.63) is 170 Å². The van der Waals surface area contributed by atoms with Crippen molar-refractivity contribution in [2.24, 2.45) is 0 Å². The fourth-order valence-electron chi connectivity index (χ4n) is 6.71. The summed E-state index contributed by atoms with van der Waals surface area (Å²) in [4.78, 5) is 6.96. The van der Waals surface area contributed by atoms with Crippen LogP contribution in [0.5, 0.6) is 0 Å². The number of rotatable bonds is 5. The first-order chi connectivity index (χ1) is 22.8. The number of furan rings is 1. The van der Waals surface area contributed by atoms with E-state index in [1.807, 2.05) is 24.5 Å². The van der Waals surface area contributed by atoms with Crippen molar-refractivity contribution >= 4 is 60.5 Å². The molecule has 0 saturated heterocycles. The molecule has 0 spiro atoms. The van der Waals surface area contributed by atoms with E-state index in [4.69, 9.17) is 4.42 Å². The maximum Gasteiger partial charge on any atom is 0.160 e. The Morgan fingerprint density at radius 3 is 2.09 bits per heavy atom. The maximum absolute atomic E-state index is 6.74. The Labute approximate surface area is 266 Å². The van der Waals surface area contributed by atoms with Gasteiger partial charge in [-0.25, -0.2) is 0 Å². The smallest absolute Gasteiger partial charge is 0.160 e. The van der Waals surface area contributed by atoms with Crippen LogP contribution in [0.15, 0.2) is 175 Å². The molecule has 0 amide bonds. The van der Waals surface area contributed by atoms with Crippen LogP contribution in [0.3, 0.4) is 0 Å². The van der Waals surface area contributed by atoms with E-state index < -0.39 is 0 Å². The van der Waals surface area contributed by atoms with E-state index in [0.29, 0.717) is 0 Å². The summed E-state index contributed by atoms with van der Waals surface area (Å²) >= 11 is 0. The van der Waals surface area contributed by atoms with E-state index in [9.17, 15) is 0 Å². The second-order valence-electron chi connectivity index (χ2n) is 11.6. The largest absolute Gasteiger partial charge is 0.454 e. The fraction of sp³-hybridized carbons (Fsp3) is 0. The summed E-state index contributed by atoms with van der Waals surface area (Å²) < 4.78 is 6.74. The Bertz CT molecular complexity index is 2530. The summed E-state index contributed by atoms with van der Waals surface area (Å²) in [5.41, 5.74) is 9.40. The van der Waals surface area contributed by atoms with Gasteiger partial charge in [0.2, 0.25) is 0 Å². The normalized spacial score (nSPS) is 11.5. The average molecular weight is 589 g/mol. The van der Waals surface area contributed by atoms with E-state index >= 15 is 0 Å². The summed E-state index contributed by atoms with van der Waals surface area (Å²) in [7, 11) is 0. The fourth-order valence-corrected chi connectivity index (χ4v) is 6.71. The third-order valence-corrected chi connectivity index (χ3v) is 8.92. The summed E-state index contributed by atoms with van der Waals surface area (Å²) in [6.07, 6.45) is 3.82. The highest BCUT2D eigenvalue weighted by atomic mass is 16.3. The highest BCUT2D eigenvalue weighted by Crippen LogP contribution is 2.48. The molecule has 46 heavy (non-hydrogen) atoms. The lowest BCUT2D eigenvalue weighted by Crippen LogP contribution is -2.12. The van der Waals surface area contributed by atoms with Crippen LogP contribution in [0.1, 0.15) is 0 Å². The van der Waals surface area contributed by atoms with Crippen LogP contribution < -0.4 is 4.90 Å². The molecule has 0 unspecified atom stereocenters. The molecule has 2 aromatic heterocycles. The zero-order valence-electron chi connectivity index (χ0n) is 25.0. The minimum atomic E-state index is 0.835. The van der Waals surface area contributed by atoms with Crippen LogP contribution in [0.2, 0.25) is 0 Å². The van der Waals surface area contributed by atoms with Gasteiger partial charge in [0, 0.05) is 39.8 Å². The molecule has 7 aromatic carbocycles. The number of hydrogen-bond donors (Lipinski definition) is 0. The Hall–Kier alpha value is -6.19. The number of benzene rings is 7. The predicted molar refractivity (Wildman–Crippen MR) is 192 cm³/mol. The Balaban J connectivity index is 1.35. The summed E-state index contributed by atoms with van der Waals surface area (Å²) in [5, 5.41) is 6.74. The quantitative estimate of drug-likeness (QED) is 0.200. The molecule has 216 valence electrons. The first-order valence-corrected chi connectivity index (χ1v) is 15.5. The summed E-state index contributed by atoms with van der Waals surface area (Å²) in [6, 6.07) is 55.8. The molecule has 0 fully saturated rings. The second-order valence-corrected chi connectivity index (χ2v) is 11.6. The van der Waals surface area contributed by atoms with E-state index in [1.165, 1.54) is 21.9 Å². The summed E-state index contributed by atoms with van der Waals surface area (Å²) in [5.74, 6) is 0. The van der Waals surface area contributed by atoms with Crippen molar-refractivity contribution in [1.29, 1.82) is 0 Å². The first-order valence-electron chi connectivity index (χ1n) is 15.5. The molecule has 0 atom stereocenters. The molecular weight excluding hydrogens is 560 g/mol. The molecule has 0 aliphatic rings. The van der Waals surface area contributed by atoms with Gasteiger partial charge in [-0.1, -0.05) is 115 Å². The van der Waals surface area contributed by atoms with Crippen molar-refractivity contribution < 1.29 is 4.42 Å². The third kappa shape index (κ3) is 4.33. The number of pyridine rings is 1. The van der Waals surface area contributed by atoms with Gasteiger partial charge in [-0.15, -0.1) is 0 Å². The zero-order chi connectivity index (χ0) is 30.5. The van der Waals surface area contributed by atoms with E-state index in [-0.39, 0.29) is 0 Å². The Morgan fingerprint density at radius 1 is 0.478 bits per heavy atom. The van der Waals surface area contributed by atoms with E-state index in [2.05, 4.69) is 155 Å². The molecule has 0 N–H and O–H groups in total. The SMILES string of the molecule is c1ccc(-c2ccc(N(c3ccccc3-c3ccc4ccccc4c3)c3c4cnccc4cc4c3oc3ccccc34)cc2)cc1. The number of aromatic nitrogens is 1. The molecule has 0 bridgehead atoms. The highest BCUT2D eigenvalue weighted by molar-refractivity contribution is 6.19. The second kappa shape index (κ2) is 10.8. The van der Waals surface area contributed by atoms with Crippen molar-refractivity contribution in [2.75, 3.05) is 4.90 Å². The lowest BCUT2D eigenvalue weighted by molar-refractivity contribution is 0.669. The number of nitrogens with zero attached hydrogens (tertiary/aromatic N) is 2. The first kappa shape index (κ1) is 26.2. The predicted octanol–water partition coefficient (Wildman–Crippen LogP) is 12.1. The standard InChI is InChI=1S/C43H28N2O/c1-2-10-29(11-3-1)31-20-22-35(23-21-31)45(40-16-8-6-14-36(40)33-19-18-30-12-4-5-13-32(30)26-33)42-39-28-44-25-24-34(39)27-38-37-15-7-9-17-41(37)46-43(38)42/h1-28H. The molecule has 3 heteroatoms. The van der Waals surface area contributed by atoms with Gasteiger partial charge in [0.15, 0.2) is 5.58 Å². The summed E-state index contributed by atoms with van der Waals surface area (Å²) in [6.45, 7) is 0. The van der Waals surface area contributed by atoms with Gasteiger partial charge in [0.1, 0.15) is 5.58 Å². The molecule has 9 aromatic rings. The minimum Gasteiger partial charge on any atom is -0.454 e. The number of fused-ring (bicyclic) bond motifs is 5. The van der Waals surface area contributed by atoms with E-state index in [0.717, 1.165) is 60.9 Å². The molecule has 3 nitrogen and oxygen atoms in total. The van der Waals surface area contributed by atoms with Crippen LogP contribution in [-0.4, -0.2) is 4.98 Å². The average Bonchev–Trinajstić information content (AvgIpc) is 3.50. The number of para-hydroxylation sites is 2. The third-order valence-electron chi connectivity index (χ3n) is 8.92. The number of anilines is 3. The van der Waals surface area contributed by atoms with Crippen LogP contribution in [0, 0.1) is 0 Å². The van der Waals surface area contributed by atoms with Crippen LogP contribution in [0.4, 0.5) is 17.1 Å². The van der Waals surface area contributed by atoms with Gasteiger partial charge in [-0.2, -0.15) is 0 Å². The lowest BCUT2D eigenvalue weighted by Gasteiger charge is -2.29. The Morgan fingerprint density at radius 2 is 1.20 bits per heavy atom. The topological polar surface area (TPSA) is 29.3 Å². The molecule has 0 aliphatic heterocycles.